The van der Waals surface area contributed by atoms with Gasteiger partial charge in [-0.3, -0.25) is 9.79 Å². The van der Waals surface area contributed by atoms with Crippen molar-refractivity contribution in [1.82, 2.24) is 0 Å². The van der Waals surface area contributed by atoms with Crippen LogP contribution >= 0.6 is 0 Å². The number of nitrogens with two attached hydrogens (primary N) is 2. The van der Waals surface area contributed by atoms with Crippen LogP contribution in [0.15, 0.2) is 4.99 Å². The Morgan fingerprint density at radius 1 is 1.47 bits per heavy atom. The normalized spacial score (nSPS) is 14.3. The van der Waals surface area contributed by atoms with Crippen LogP contribution in [0, 0.1) is 5.92 Å². The predicted octanol–water partition coefficient (Wildman–Crippen LogP) is 0.0161. The molecule has 5 heteroatoms. The van der Waals surface area contributed by atoms with E-state index in [-0.39, 0.29) is 24.2 Å². The minimum atomic E-state index is -1.08. The number of ketones is 1. The minimum Gasteiger partial charge on any atom is -0.383 e. The summed E-state index contributed by atoms with van der Waals surface area (Å²) in [5.74, 6) is -0.425. The molecule has 0 spiro atoms. The number of rotatable bonds is 7. The van der Waals surface area contributed by atoms with Crippen LogP contribution in [0.3, 0.4) is 0 Å². The van der Waals surface area contributed by atoms with Crippen molar-refractivity contribution in [3.63, 3.8) is 0 Å². The molecule has 0 radical (unpaired) electrons. The lowest BCUT2D eigenvalue weighted by molar-refractivity contribution is -0.130. The van der Waals surface area contributed by atoms with Gasteiger partial charge >= 0.3 is 0 Å². The molecular formula is C10H21N3O2. The molecule has 0 saturated heterocycles. The van der Waals surface area contributed by atoms with Crippen molar-refractivity contribution in [2.24, 2.45) is 22.4 Å². The summed E-state index contributed by atoms with van der Waals surface area (Å²) in [5, 5.41) is 9.47. The lowest BCUT2D eigenvalue weighted by atomic mass is 9.96. The summed E-state index contributed by atoms with van der Waals surface area (Å²) >= 11 is 0. The number of hydrogen-bond acceptors (Lipinski definition) is 3. The maximum atomic E-state index is 11.6. The second-order valence-corrected chi connectivity index (χ2v) is 3.73. The van der Waals surface area contributed by atoms with E-state index in [1.807, 2.05) is 6.92 Å². The largest absolute Gasteiger partial charge is 0.383 e. The number of Topliss-reactive ketones (excluding diaryl/α,β-unsaturated/α-hetero) is 1. The first-order valence-corrected chi connectivity index (χ1v) is 5.26. The standard InChI is InChI=1S/C10H21N3O2/c1-3-4-5-7(2)9(15)8(14)6-13-10(11)12/h7-8,14H,3-6H2,1-2H3,(H4,11,12,13). The quantitative estimate of drug-likeness (QED) is 0.411. The maximum absolute atomic E-state index is 11.6. The molecule has 0 aliphatic carbocycles. The van der Waals surface area contributed by atoms with Gasteiger partial charge in [-0.1, -0.05) is 26.7 Å². The monoisotopic (exact) mass is 215 g/mol. The summed E-state index contributed by atoms with van der Waals surface area (Å²) in [4.78, 5) is 15.2. The van der Waals surface area contributed by atoms with E-state index < -0.39 is 6.10 Å². The van der Waals surface area contributed by atoms with Gasteiger partial charge in [-0.15, -0.1) is 0 Å². The van der Waals surface area contributed by atoms with E-state index in [1.54, 1.807) is 0 Å². The fourth-order valence-electron chi connectivity index (χ4n) is 1.26. The first-order valence-electron chi connectivity index (χ1n) is 5.26. The van der Waals surface area contributed by atoms with Crippen molar-refractivity contribution in [2.45, 2.75) is 39.2 Å². The highest BCUT2D eigenvalue weighted by Crippen LogP contribution is 2.10. The molecule has 0 fully saturated rings. The summed E-state index contributed by atoms with van der Waals surface area (Å²) in [6, 6.07) is 0. The average molecular weight is 215 g/mol. The van der Waals surface area contributed by atoms with Crippen LogP contribution in [0.5, 0.6) is 0 Å². The summed E-state index contributed by atoms with van der Waals surface area (Å²) in [6.07, 6.45) is 1.75. The molecular weight excluding hydrogens is 194 g/mol. The van der Waals surface area contributed by atoms with Gasteiger partial charge in [0, 0.05) is 5.92 Å². The smallest absolute Gasteiger partial charge is 0.186 e. The fourth-order valence-corrected chi connectivity index (χ4v) is 1.26. The van der Waals surface area contributed by atoms with Gasteiger partial charge in [0.15, 0.2) is 11.7 Å². The number of nitrogens with zero attached hydrogens (tertiary/aromatic N) is 1. The van der Waals surface area contributed by atoms with Crippen molar-refractivity contribution in [3.05, 3.63) is 0 Å². The molecule has 2 atom stereocenters. The van der Waals surface area contributed by atoms with Crippen molar-refractivity contribution in [2.75, 3.05) is 6.54 Å². The van der Waals surface area contributed by atoms with Crippen LogP contribution in [-0.2, 0) is 4.79 Å². The van der Waals surface area contributed by atoms with Crippen LogP contribution in [-0.4, -0.2) is 29.5 Å². The lowest BCUT2D eigenvalue weighted by Gasteiger charge is -2.13. The predicted molar refractivity (Wildman–Crippen MR) is 60.4 cm³/mol. The minimum absolute atomic E-state index is 0.0440. The third-order valence-electron chi connectivity index (χ3n) is 2.25. The van der Waals surface area contributed by atoms with Crippen LogP contribution in [0.2, 0.25) is 0 Å². The molecule has 0 aliphatic rings. The highest BCUT2D eigenvalue weighted by molar-refractivity contribution is 5.85. The second kappa shape index (κ2) is 7.23. The Morgan fingerprint density at radius 3 is 2.53 bits per heavy atom. The summed E-state index contributed by atoms with van der Waals surface area (Å²) in [7, 11) is 0. The molecule has 0 rings (SSSR count). The molecule has 5 nitrogen and oxygen atoms in total. The lowest BCUT2D eigenvalue weighted by Crippen LogP contribution is -2.31. The number of carbonyl (C=O) groups is 1. The van der Waals surface area contributed by atoms with E-state index in [1.165, 1.54) is 0 Å². The molecule has 0 aromatic rings. The number of carbonyl (C=O) groups excluding carboxylic acids is 1. The number of aliphatic hydroxyl groups is 1. The van der Waals surface area contributed by atoms with Gasteiger partial charge in [0.25, 0.3) is 0 Å². The van der Waals surface area contributed by atoms with Crippen LogP contribution in [0.25, 0.3) is 0 Å². The SMILES string of the molecule is CCCCC(C)C(=O)C(O)CN=C(N)N. The van der Waals surface area contributed by atoms with E-state index in [4.69, 9.17) is 11.5 Å². The average Bonchev–Trinajstić information content (AvgIpc) is 2.21. The second-order valence-electron chi connectivity index (χ2n) is 3.73. The maximum Gasteiger partial charge on any atom is 0.186 e. The molecule has 0 aromatic heterocycles. The van der Waals surface area contributed by atoms with Crippen LogP contribution < -0.4 is 11.5 Å². The highest BCUT2D eigenvalue weighted by Gasteiger charge is 2.20. The molecule has 88 valence electrons. The first kappa shape index (κ1) is 13.9. The zero-order chi connectivity index (χ0) is 11.8. The number of aliphatic hydroxyl groups excluding tert-OH is 1. The first-order chi connectivity index (χ1) is 6.99. The van der Waals surface area contributed by atoms with E-state index in [9.17, 15) is 9.90 Å². The Hall–Kier alpha value is -1.10. The fraction of sp³-hybridized carbons (Fsp3) is 0.800. The topological polar surface area (TPSA) is 102 Å². The van der Waals surface area contributed by atoms with Crippen LogP contribution in [0.1, 0.15) is 33.1 Å². The number of unbranched alkanes of at least 4 members (excludes halogenated alkanes) is 1. The van der Waals surface area contributed by atoms with Gasteiger partial charge in [0.2, 0.25) is 0 Å². The third-order valence-corrected chi connectivity index (χ3v) is 2.25. The van der Waals surface area contributed by atoms with Crippen LogP contribution in [0.4, 0.5) is 0 Å². The van der Waals surface area contributed by atoms with Crippen molar-refractivity contribution in [1.29, 1.82) is 0 Å². The Bertz CT molecular complexity index is 225. The number of aliphatic imine (C=N–C) groups is 1. The molecule has 5 N–H and O–H groups in total. The van der Waals surface area contributed by atoms with Gasteiger partial charge in [-0.25, -0.2) is 0 Å². The molecule has 0 amide bonds. The van der Waals surface area contributed by atoms with E-state index >= 15 is 0 Å². The highest BCUT2D eigenvalue weighted by atomic mass is 16.3. The Balaban J connectivity index is 4.01. The molecule has 0 heterocycles. The van der Waals surface area contributed by atoms with Gasteiger partial charge < -0.3 is 16.6 Å². The molecule has 0 saturated carbocycles. The Kier molecular flexibility index (Phi) is 6.70. The van der Waals surface area contributed by atoms with Gasteiger partial charge in [0.05, 0.1) is 6.54 Å². The van der Waals surface area contributed by atoms with Crippen molar-refractivity contribution in [3.8, 4) is 0 Å². The molecule has 0 aromatic carbocycles. The summed E-state index contributed by atoms with van der Waals surface area (Å²) in [6.45, 7) is 3.83. The van der Waals surface area contributed by atoms with E-state index in [0.29, 0.717) is 0 Å². The number of hydrogen-bond donors (Lipinski definition) is 3. The Labute approximate surface area is 90.6 Å². The molecule has 0 aliphatic heterocycles. The van der Waals surface area contributed by atoms with Crippen molar-refractivity contribution < 1.29 is 9.90 Å². The van der Waals surface area contributed by atoms with E-state index in [0.717, 1.165) is 19.3 Å². The zero-order valence-corrected chi connectivity index (χ0v) is 9.44. The zero-order valence-electron chi connectivity index (χ0n) is 9.44. The summed E-state index contributed by atoms with van der Waals surface area (Å²) in [5.41, 5.74) is 10.2. The molecule has 0 bridgehead atoms. The van der Waals surface area contributed by atoms with Crippen molar-refractivity contribution >= 4 is 11.7 Å². The molecule has 2 unspecified atom stereocenters. The van der Waals surface area contributed by atoms with Gasteiger partial charge in [-0.05, 0) is 6.42 Å². The molecule has 15 heavy (non-hydrogen) atoms. The van der Waals surface area contributed by atoms with Gasteiger partial charge in [-0.2, -0.15) is 0 Å². The number of guanidine groups is 1. The third kappa shape index (κ3) is 6.06. The van der Waals surface area contributed by atoms with E-state index in [2.05, 4.69) is 11.9 Å². The summed E-state index contributed by atoms with van der Waals surface area (Å²) < 4.78 is 0. The van der Waals surface area contributed by atoms with Gasteiger partial charge in [0.1, 0.15) is 6.10 Å². The Morgan fingerprint density at radius 2 is 2.07 bits per heavy atom.